The number of aromatic nitrogens is 2. The smallest absolute Gasteiger partial charge is 0.303 e. The molecule has 0 saturated carbocycles. The molecular formula is C28H36FN3O3. The Morgan fingerprint density at radius 1 is 1.29 bits per heavy atom. The Balaban J connectivity index is 1.35. The van der Waals surface area contributed by atoms with E-state index < -0.39 is 12.1 Å². The van der Waals surface area contributed by atoms with Crippen LogP contribution in [0, 0.1) is 11.8 Å². The fourth-order valence-electron chi connectivity index (χ4n) is 5.50. The largest absolute Gasteiger partial charge is 0.497 e. The third kappa shape index (κ3) is 6.40. The second-order valence-electron chi connectivity index (χ2n) is 9.75. The molecule has 0 spiro atoms. The number of likely N-dealkylation sites (tertiary alicyclic amines) is 1. The lowest BCUT2D eigenvalue weighted by Gasteiger charge is -2.38. The van der Waals surface area contributed by atoms with Crippen molar-refractivity contribution in [3.63, 3.8) is 0 Å². The predicted molar refractivity (Wildman–Crippen MR) is 135 cm³/mol. The fraction of sp³-hybridized carbons (Fsp3) is 0.500. The molecule has 0 aliphatic carbocycles. The Bertz CT molecular complexity index is 1130. The maximum atomic E-state index is 15.5. The molecule has 4 rings (SSSR count). The highest BCUT2D eigenvalue weighted by Crippen LogP contribution is 2.36. The molecule has 1 fully saturated rings. The van der Waals surface area contributed by atoms with Crippen LogP contribution in [0.1, 0.15) is 49.5 Å². The number of alkyl halides is 1. The van der Waals surface area contributed by atoms with E-state index in [0.29, 0.717) is 24.2 Å². The lowest BCUT2D eigenvalue weighted by atomic mass is 9.79. The van der Waals surface area contributed by atoms with E-state index in [4.69, 9.17) is 4.74 Å². The number of piperidine rings is 1. The molecule has 0 radical (unpaired) electrons. The van der Waals surface area contributed by atoms with Gasteiger partial charge in [-0.05, 0) is 99.0 Å². The van der Waals surface area contributed by atoms with Gasteiger partial charge in [0.15, 0.2) is 0 Å². The number of carbonyl (C=O) groups is 1. The Morgan fingerprint density at radius 2 is 2.14 bits per heavy atom. The van der Waals surface area contributed by atoms with E-state index in [1.54, 1.807) is 19.4 Å². The minimum atomic E-state index is -1.12. The molecule has 35 heavy (non-hydrogen) atoms. The summed E-state index contributed by atoms with van der Waals surface area (Å²) >= 11 is 0. The first kappa shape index (κ1) is 25.2. The standard InChI is InChI=1S/C28H36FN3O3/c1-31-14-3-5-22(31)6-4-15-32-16-12-20(21(19-32)17-28(33)34)7-9-26(29)24-11-13-30-27-10-8-23(35-2)18-25(24)27/h3,5,8,10-11,13-14,18,20-21,26H,4,6-7,9,12,15-17,19H2,1-2H3,(H,33,34)/t20-,21+,26?/m1/s1. The number of aryl methyl sites for hydroxylation is 2. The van der Waals surface area contributed by atoms with Gasteiger partial charge in [-0.15, -0.1) is 0 Å². The molecule has 0 bridgehead atoms. The predicted octanol–water partition coefficient (Wildman–Crippen LogP) is 5.42. The number of methoxy groups -OCH3 is 1. The Labute approximate surface area is 206 Å². The van der Waals surface area contributed by atoms with E-state index in [1.807, 2.05) is 18.2 Å². The molecule has 0 amide bonds. The third-order valence-electron chi connectivity index (χ3n) is 7.48. The third-order valence-corrected chi connectivity index (χ3v) is 7.48. The van der Waals surface area contributed by atoms with Gasteiger partial charge in [-0.1, -0.05) is 0 Å². The van der Waals surface area contributed by atoms with Crippen molar-refractivity contribution >= 4 is 16.9 Å². The minimum Gasteiger partial charge on any atom is -0.497 e. The summed E-state index contributed by atoms with van der Waals surface area (Å²) in [6, 6.07) is 11.5. The van der Waals surface area contributed by atoms with Crippen molar-refractivity contribution in [1.82, 2.24) is 14.5 Å². The highest BCUT2D eigenvalue weighted by atomic mass is 19.1. The molecule has 3 heterocycles. The minimum absolute atomic E-state index is 0.0535. The number of aliphatic carboxylic acids is 1. The molecule has 188 valence electrons. The molecule has 1 saturated heterocycles. The fourth-order valence-corrected chi connectivity index (χ4v) is 5.50. The average molecular weight is 482 g/mol. The van der Waals surface area contributed by atoms with Crippen molar-refractivity contribution in [3.05, 3.63) is 60.0 Å². The zero-order valence-corrected chi connectivity index (χ0v) is 20.7. The van der Waals surface area contributed by atoms with Crippen molar-refractivity contribution in [2.45, 2.75) is 44.7 Å². The maximum absolute atomic E-state index is 15.5. The molecule has 7 heteroatoms. The van der Waals surface area contributed by atoms with Crippen molar-refractivity contribution in [3.8, 4) is 5.75 Å². The number of carboxylic acid groups (broad SMARTS) is 1. The average Bonchev–Trinajstić information content (AvgIpc) is 3.26. The van der Waals surface area contributed by atoms with E-state index in [-0.39, 0.29) is 18.3 Å². The van der Waals surface area contributed by atoms with Gasteiger partial charge in [-0.25, -0.2) is 4.39 Å². The van der Waals surface area contributed by atoms with Gasteiger partial charge in [0.2, 0.25) is 0 Å². The number of hydrogen-bond donors (Lipinski definition) is 1. The van der Waals surface area contributed by atoms with Crippen molar-refractivity contribution < 1.29 is 19.0 Å². The molecule has 1 unspecified atom stereocenters. The second kappa shape index (κ2) is 11.7. The first-order chi connectivity index (χ1) is 16.9. The number of benzene rings is 1. The van der Waals surface area contributed by atoms with Crippen LogP contribution >= 0.6 is 0 Å². The Kier molecular flexibility index (Phi) is 8.39. The summed E-state index contributed by atoms with van der Waals surface area (Å²) in [6.07, 6.45) is 6.78. The van der Waals surface area contributed by atoms with Crippen molar-refractivity contribution in [1.29, 1.82) is 0 Å². The monoisotopic (exact) mass is 481 g/mol. The Hall–Kier alpha value is -2.93. The second-order valence-corrected chi connectivity index (χ2v) is 9.75. The number of halogens is 1. The summed E-state index contributed by atoms with van der Waals surface area (Å²) in [5.41, 5.74) is 2.69. The summed E-state index contributed by atoms with van der Waals surface area (Å²) in [4.78, 5) is 18.3. The molecule has 3 aromatic rings. The quantitative estimate of drug-likeness (QED) is 0.396. The van der Waals surface area contributed by atoms with Gasteiger partial charge < -0.3 is 19.3 Å². The zero-order chi connectivity index (χ0) is 24.8. The lowest BCUT2D eigenvalue weighted by molar-refractivity contribution is -0.139. The summed E-state index contributed by atoms with van der Waals surface area (Å²) in [7, 11) is 3.66. The van der Waals surface area contributed by atoms with Crippen LogP contribution in [-0.4, -0.2) is 52.3 Å². The number of pyridine rings is 1. The molecule has 1 aromatic carbocycles. The summed E-state index contributed by atoms with van der Waals surface area (Å²) < 4.78 is 22.9. The molecule has 1 N–H and O–H groups in total. The first-order valence-corrected chi connectivity index (χ1v) is 12.6. The SMILES string of the molecule is COc1ccc2nccc(C(F)CC[C@@H]3CCN(CCCc4cccn4C)C[C@@H]3CC(=O)O)c2c1. The zero-order valence-electron chi connectivity index (χ0n) is 20.7. The molecule has 3 atom stereocenters. The molecule has 1 aliphatic rings. The van der Waals surface area contributed by atoms with Gasteiger partial charge in [-0.2, -0.15) is 0 Å². The highest BCUT2D eigenvalue weighted by Gasteiger charge is 2.31. The van der Waals surface area contributed by atoms with Gasteiger partial charge in [0, 0.05) is 43.5 Å². The molecule has 6 nitrogen and oxygen atoms in total. The van der Waals surface area contributed by atoms with Crippen LogP contribution in [0.4, 0.5) is 4.39 Å². The van der Waals surface area contributed by atoms with Crippen molar-refractivity contribution in [2.75, 3.05) is 26.7 Å². The van der Waals surface area contributed by atoms with Gasteiger partial charge in [-0.3, -0.25) is 9.78 Å². The number of nitrogens with zero attached hydrogens (tertiary/aromatic N) is 3. The normalized spacial score (nSPS) is 19.6. The molecular weight excluding hydrogens is 445 g/mol. The van der Waals surface area contributed by atoms with Gasteiger partial charge in [0.25, 0.3) is 0 Å². The summed E-state index contributed by atoms with van der Waals surface area (Å²) in [5, 5.41) is 10.3. The van der Waals surface area contributed by atoms with Crippen LogP contribution in [0.25, 0.3) is 10.9 Å². The van der Waals surface area contributed by atoms with Crippen LogP contribution in [0.2, 0.25) is 0 Å². The molecule has 2 aromatic heterocycles. The number of rotatable bonds is 11. The highest BCUT2D eigenvalue weighted by molar-refractivity contribution is 5.83. The summed E-state index contributed by atoms with van der Waals surface area (Å²) in [6.45, 7) is 2.68. The van der Waals surface area contributed by atoms with Crippen LogP contribution in [0.15, 0.2) is 48.8 Å². The van der Waals surface area contributed by atoms with Crippen LogP contribution in [-0.2, 0) is 18.3 Å². The molecule has 1 aliphatic heterocycles. The van der Waals surface area contributed by atoms with Gasteiger partial charge in [0.05, 0.1) is 12.6 Å². The van der Waals surface area contributed by atoms with Gasteiger partial charge in [0.1, 0.15) is 11.9 Å². The van der Waals surface area contributed by atoms with E-state index in [9.17, 15) is 9.90 Å². The van der Waals surface area contributed by atoms with E-state index in [0.717, 1.165) is 49.8 Å². The number of fused-ring (bicyclic) bond motifs is 1. The van der Waals surface area contributed by atoms with Gasteiger partial charge >= 0.3 is 5.97 Å². The van der Waals surface area contributed by atoms with Crippen LogP contribution < -0.4 is 4.74 Å². The maximum Gasteiger partial charge on any atom is 0.303 e. The van der Waals surface area contributed by atoms with E-state index >= 15 is 4.39 Å². The summed E-state index contributed by atoms with van der Waals surface area (Å²) in [5.74, 6) is 0.184. The van der Waals surface area contributed by atoms with Crippen molar-refractivity contribution in [2.24, 2.45) is 18.9 Å². The number of carboxylic acids is 1. The Morgan fingerprint density at radius 3 is 2.89 bits per heavy atom. The number of ether oxygens (including phenoxy) is 1. The lowest BCUT2D eigenvalue weighted by Crippen LogP contribution is -2.42. The van der Waals surface area contributed by atoms with Crippen LogP contribution in [0.3, 0.4) is 0 Å². The number of hydrogen-bond acceptors (Lipinski definition) is 4. The van der Waals surface area contributed by atoms with Crippen LogP contribution in [0.5, 0.6) is 5.75 Å². The van der Waals surface area contributed by atoms with E-state index in [1.165, 1.54) is 5.69 Å². The first-order valence-electron chi connectivity index (χ1n) is 12.6. The topological polar surface area (TPSA) is 67.6 Å². The van der Waals surface area contributed by atoms with E-state index in [2.05, 4.69) is 39.8 Å².